The number of benzene rings is 1. The number of rotatable bonds is 2. The molecular formula is C13H18O2. The van der Waals surface area contributed by atoms with Crippen molar-refractivity contribution >= 4 is 0 Å². The molecule has 1 aliphatic rings. The topological polar surface area (TPSA) is 29.5 Å². The average Bonchev–Trinajstić information content (AvgIpc) is 2.17. The SMILES string of the molecule is COC1CC(O)(c2cccc(C)c2C)C1. The molecule has 0 unspecified atom stereocenters. The second-order valence-electron chi connectivity index (χ2n) is 4.55. The van der Waals surface area contributed by atoms with Crippen LogP contribution in [0.1, 0.15) is 29.5 Å². The summed E-state index contributed by atoms with van der Waals surface area (Å²) in [5.41, 5.74) is 2.85. The summed E-state index contributed by atoms with van der Waals surface area (Å²) >= 11 is 0. The van der Waals surface area contributed by atoms with Crippen LogP contribution in [0.5, 0.6) is 0 Å². The van der Waals surface area contributed by atoms with E-state index in [0.717, 1.165) is 5.56 Å². The van der Waals surface area contributed by atoms with E-state index < -0.39 is 5.60 Å². The minimum Gasteiger partial charge on any atom is -0.385 e. The lowest BCUT2D eigenvalue weighted by atomic mass is 9.71. The van der Waals surface area contributed by atoms with Gasteiger partial charge in [-0.25, -0.2) is 0 Å². The fourth-order valence-corrected chi connectivity index (χ4v) is 2.34. The van der Waals surface area contributed by atoms with Crippen molar-refractivity contribution in [2.45, 2.75) is 38.4 Å². The minimum atomic E-state index is -0.656. The van der Waals surface area contributed by atoms with Crippen molar-refractivity contribution in [2.24, 2.45) is 0 Å². The standard InChI is InChI=1S/C13H18O2/c1-9-5-4-6-12(10(9)2)13(14)7-11(8-13)15-3/h4-6,11,14H,7-8H2,1-3H3. The highest BCUT2D eigenvalue weighted by Crippen LogP contribution is 2.44. The third-order valence-corrected chi connectivity index (χ3v) is 3.57. The zero-order valence-electron chi connectivity index (χ0n) is 9.58. The maximum absolute atomic E-state index is 10.4. The molecule has 1 fully saturated rings. The first-order valence-corrected chi connectivity index (χ1v) is 5.39. The van der Waals surface area contributed by atoms with Gasteiger partial charge in [-0.15, -0.1) is 0 Å². The van der Waals surface area contributed by atoms with Gasteiger partial charge < -0.3 is 9.84 Å². The molecule has 2 rings (SSSR count). The van der Waals surface area contributed by atoms with Crippen molar-refractivity contribution in [1.82, 2.24) is 0 Å². The van der Waals surface area contributed by atoms with Crippen molar-refractivity contribution in [1.29, 1.82) is 0 Å². The number of aliphatic hydroxyl groups is 1. The van der Waals surface area contributed by atoms with Gasteiger partial charge in [-0.1, -0.05) is 18.2 Å². The molecule has 0 heterocycles. The lowest BCUT2D eigenvalue weighted by Gasteiger charge is -2.44. The van der Waals surface area contributed by atoms with Crippen molar-refractivity contribution in [3.05, 3.63) is 34.9 Å². The van der Waals surface area contributed by atoms with Crippen LogP contribution in [-0.4, -0.2) is 18.3 Å². The summed E-state index contributed by atoms with van der Waals surface area (Å²) in [6, 6.07) is 6.11. The third kappa shape index (κ3) is 1.68. The van der Waals surface area contributed by atoms with Crippen LogP contribution in [0.2, 0.25) is 0 Å². The Morgan fingerprint density at radius 2 is 2.00 bits per heavy atom. The van der Waals surface area contributed by atoms with Gasteiger partial charge in [-0.05, 0) is 30.5 Å². The molecule has 1 aromatic carbocycles. The van der Waals surface area contributed by atoms with E-state index in [1.165, 1.54) is 11.1 Å². The summed E-state index contributed by atoms with van der Waals surface area (Å²) in [7, 11) is 1.70. The number of hydrogen-bond acceptors (Lipinski definition) is 2. The molecular weight excluding hydrogens is 188 g/mol. The van der Waals surface area contributed by atoms with Crippen LogP contribution in [0.25, 0.3) is 0 Å². The summed E-state index contributed by atoms with van der Waals surface area (Å²) in [5, 5.41) is 10.4. The van der Waals surface area contributed by atoms with Crippen LogP contribution < -0.4 is 0 Å². The van der Waals surface area contributed by atoms with Crippen molar-refractivity contribution in [2.75, 3.05) is 7.11 Å². The van der Waals surface area contributed by atoms with Gasteiger partial charge in [0.15, 0.2) is 0 Å². The van der Waals surface area contributed by atoms with E-state index in [1.807, 2.05) is 12.1 Å². The number of methoxy groups -OCH3 is 1. The van der Waals surface area contributed by atoms with E-state index in [2.05, 4.69) is 19.9 Å². The smallest absolute Gasteiger partial charge is 0.0948 e. The molecule has 0 aromatic heterocycles. The molecule has 1 aromatic rings. The average molecular weight is 206 g/mol. The first-order valence-electron chi connectivity index (χ1n) is 5.39. The molecule has 0 amide bonds. The first-order chi connectivity index (χ1) is 7.07. The van der Waals surface area contributed by atoms with Gasteiger partial charge >= 0.3 is 0 Å². The van der Waals surface area contributed by atoms with Crippen LogP contribution in [0, 0.1) is 13.8 Å². The van der Waals surface area contributed by atoms with Gasteiger partial charge in [0.2, 0.25) is 0 Å². The largest absolute Gasteiger partial charge is 0.385 e. The lowest BCUT2D eigenvalue weighted by Crippen LogP contribution is -2.45. The Balaban J connectivity index is 2.27. The monoisotopic (exact) mass is 206 g/mol. The Bertz CT molecular complexity index is 365. The van der Waals surface area contributed by atoms with Crippen LogP contribution in [0.4, 0.5) is 0 Å². The van der Waals surface area contributed by atoms with E-state index in [1.54, 1.807) is 7.11 Å². The second kappa shape index (κ2) is 3.62. The van der Waals surface area contributed by atoms with Crippen molar-refractivity contribution in [3.63, 3.8) is 0 Å². The molecule has 0 radical (unpaired) electrons. The summed E-state index contributed by atoms with van der Waals surface area (Å²) in [6.45, 7) is 4.15. The molecule has 1 N–H and O–H groups in total. The Kier molecular flexibility index (Phi) is 2.57. The fraction of sp³-hybridized carbons (Fsp3) is 0.538. The van der Waals surface area contributed by atoms with E-state index in [9.17, 15) is 5.11 Å². The molecule has 0 saturated heterocycles. The van der Waals surface area contributed by atoms with Gasteiger partial charge in [0.1, 0.15) is 0 Å². The molecule has 15 heavy (non-hydrogen) atoms. The van der Waals surface area contributed by atoms with Crippen LogP contribution in [0.15, 0.2) is 18.2 Å². The van der Waals surface area contributed by atoms with E-state index in [0.29, 0.717) is 12.8 Å². The van der Waals surface area contributed by atoms with Gasteiger partial charge in [0.05, 0.1) is 11.7 Å². The molecule has 2 nitrogen and oxygen atoms in total. The number of ether oxygens (including phenoxy) is 1. The summed E-state index contributed by atoms with van der Waals surface area (Å²) in [5.74, 6) is 0. The van der Waals surface area contributed by atoms with Gasteiger partial charge in [0.25, 0.3) is 0 Å². The maximum Gasteiger partial charge on any atom is 0.0948 e. The minimum absolute atomic E-state index is 0.218. The van der Waals surface area contributed by atoms with Crippen molar-refractivity contribution < 1.29 is 9.84 Å². The molecule has 82 valence electrons. The third-order valence-electron chi connectivity index (χ3n) is 3.57. The lowest BCUT2D eigenvalue weighted by molar-refractivity contribution is -0.133. The molecule has 0 aliphatic heterocycles. The molecule has 1 saturated carbocycles. The quantitative estimate of drug-likeness (QED) is 0.804. The van der Waals surface area contributed by atoms with Gasteiger partial charge in [-0.3, -0.25) is 0 Å². The van der Waals surface area contributed by atoms with Gasteiger partial charge in [0, 0.05) is 20.0 Å². The van der Waals surface area contributed by atoms with E-state index in [4.69, 9.17) is 4.74 Å². The summed E-state index contributed by atoms with van der Waals surface area (Å²) in [4.78, 5) is 0. The number of hydrogen-bond donors (Lipinski definition) is 1. The van der Waals surface area contributed by atoms with Crippen molar-refractivity contribution in [3.8, 4) is 0 Å². The first kappa shape index (κ1) is 10.7. The van der Waals surface area contributed by atoms with E-state index >= 15 is 0 Å². The van der Waals surface area contributed by atoms with E-state index in [-0.39, 0.29) is 6.10 Å². The molecule has 0 atom stereocenters. The summed E-state index contributed by atoms with van der Waals surface area (Å²) in [6.07, 6.45) is 1.65. The summed E-state index contributed by atoms with van der Waals surface area (Å²) < 4.78 is 5.21. The highest BCUT2D eigenvalue weighted by atomic mass is 16.5. The highest BCUT2D eigenvalue weighted by molar-refractivity contribution is 5.38. The molecule has 0 bridgehead atoms. The Morgan fingerprint density at radius 3 is 2.60 bits per heavy atom. The van der Waals surface area contributed by atoms with Crippen LogP contribution >= 0.6 is 0 Å². The van der Waals surface area contributed by atoms with Gasteiger partial charge in [-0.2, -0.15) is 0 Å². The molecule has 2 heteroatoms. The maximum atomic E-state index is 10.4. The zero-order chi connectivity index (χ0) is 11.1. The number of aryl methyl sites for hydroxylation is 1. The van der Waals surface area contributed by atoms with Crippen LogP contribution in [-0.2, 0) is 10.3 Å². The van der Waals surface area contributed by atoms with Crippen LogP contribution in [0.3, 0.4) is 0 Å². The Morgan fingerprint density at radius 1 is 1.33 bits per heavy atom. The zero-order valence-corrected chi connectivity index (χ0v) is 9.58. The Labute approximate surface area is 90.9 Å². The Hall–Kier alpha value is -0.860. The normalized spacial score (nSPS) is 30.0. The molecule has 1 aliphatic carbocycles. The highest BCUT2D eigenvalue weighted by Gasteiger charge is 2.45. The predicted octanol–water partition coefficient (Wildman–Crippen LogP) is 2.30. The fourth-order valence-electron chi connectivity index (χ4n) is 2.34. The second-order valence-corrected chi connectivity index (χ2v) is 4.55. The predicted molar refractivity (Wildman–Crippen MR) is 59.8 cm³/mol. The molecule has 0 spiro atoms.